The molecule has 1 aromatic heterocycles. The summed E-state index contributed by atoms with van der Waals surface area (Å²) in [5.74, 6) is 0.140. The molecular weight excluding hydrogens is 240 g/mol. The van der Waals surface area contributed by atoms with Gasteiger partial charge in [-0.2, -0.15) is 0 Å². The smallest absolute Gasteiger partial charge is 0.252 e. The van der Waals surface area contributed by atoms with Crippen LogP contribution in [0.15, 0.2) is 35.1 Å². The van der Waals surface area contributed by atoms with Crippen molar-refractivity contribution in [3.63, 3.8) is 0 Å². The number of pyridine rings is 1. The maximum absolute atomic E-state index is 12.3. The molecular formula is C15H18N2O2. The summed E-state index contributed by atoms with van der Waals surface area (Å²) < 4.78 is 0. The number of hydrogen-bond donors (Lipinski definition) is 2. The van der Waals surface area contributed by atoms with Gasteiger partial charge in [0.1, 0.15) is 0 Å². The second-order valence-corrected chi connectivity index (χ2v) is 5.10. The summed E-state index contributed by atoms with van der Waals surface area (Å²) in [4.78, 5) is 26.6. The number of H-pyrrole nitrogens is 1. The fraction of sp³-hybridized carbons (Fsp3) is 0.333. The van der Waals surface area contributed by atoms with Gasteiger partial charge in [0.15, 0.2) is 0 Å². The van der Waals surface area contributed by atoms with E-state index in [0.717, 1.165) is 5.39 Å². The van der Waals surface area contributed by atoms with Crippen LogP contribution in [0.25, 0.3) is 10.9 Å². The van der Waals surface area contributed by atoms with Gasteiger partial charge in [-0.15, -0.1) is 0 Å². The van der Waals surface area contributed by atoms with Crippen LogP contribution in [0.3, 0.4) is 0 Å². The number of para-hydroxylation sites is 1. The third-order valence-corrected chi connectivity index (χ3v) is 3.35. The van der Waals surface area contributed by atoms with Gasteiger partial charge < -0.3 is 10.3 Å². The average molecular weight is 258 g/mol. The van der Waals surface area contributed by atoms with E-state index in [-0.39, 0.29) is 17.5 Å². The Morgan fingerprint density at radius 1 is 1.21 bits per heavy atom. The number of nitrogens with one attached hydrogen (secondary N) is 2. The summed E-state index contributed by atoms with van der Waals surface area (Å²) in [5.41, 5.74) is 0.838. The summed E-state index contributed by atoms with van der Waals surface area (Å²) in [6.45, 7) is 6.04. The molecule has 1 atom stereocenters. The van der Waals surface area contributed by atoms with Gasteiger partial charge >= 0.3 is 0 Å². The number of benzene rings is 1. The summed E-state index contributed by atoms with van der Waals surface area (Å²) in [5, 5.41) is 3.68. The molecule has 19 heavy (non-hydrogen) atoms. The van der Waals surface area contributed by atoms with E-state index in [2.05, 4.69) is 10.3 Å². The Bertz CT molecular complexity index is 658. The largest absolute Gasteiger partial charge is 0.349 e. The van der Waals surface area contributed by atoms with Crippen molar-refractivity contribution in [2.75, 3.05) is 0 Å². The Hall–Kier alpha value is -2.10. The van der Waals surface area contributed by atoms with Gasteiger partial charge in [0.05, 0.1) is 5.56 Å². The summed E-state index contributed by atoms with van der Waals surface area (Å²) in [6, 6.07) is 8.72. The van der Waals surface area contributed by atoms with Crippen molar-refractivity contribution in [2.45, 2.75) is 26.8 Å². The zero-order valence-electron chi connectivity index (χ0n) is 11.4. The number of amides is 1. The first kappa shape index (κ1) is 13.3. The Morgan fingerprint density at radius 2 is 1.89 bits per heavy atom. The topological polar surface area (TPSA) is 62.0 Å². The van der Waals surface area contributed by atoms with Gasteiger partial charge in [-0.1, -0.05) is 32.0 Å². The van der Waals surface area contributed by atoms with Crippen molar-refractivity contribution in [3.05, 3.63) is 46.2 Å². The zero-order valence-corrected chi connectivity index (χ0v) is 11.4. The molecule has 2 rings (SSSR count). The van der Waals surface area contributed by atoms with Gasteiger partial charge in [0, 0.05) is 23.0 Å². The molecule has 0 saturated carbocycles. The van der Waals surface area contributed by atoms with E-state index in [0.29, 0.717) is 17.0 Å². The second kappa shape index (κ2) is 5.26. The van der Waals surface area contributed by atoms with Gasteiger partial charge in [-0.25, -0.2) is 0 Å². The quantitative estimate of drug-likeness (QED) is 0.887. The fourth-order valence-corrected chi connectivity index (χ4v) is 1.84. The minimum Gasteiger partial charge on any atom is -0.349 e. The van der Waals surface area contributed by atoms with Crippen LogP contribution in [0.4, 0.5) is 0 Å². The SMILES string of the molecule is CC(C)[C@H](C)NC(=O)c1cc(=O)[nH]c2ccccc12. The predicted molar refractivity (Wildman–Crippen MR) is 76.3 cm³/mol. The van der Waals surface area contributed by atoms with Crippen molar-refractivity contribution in [3.8, 4) is 0 Å². The molecule has 0 aliphatic rings. The highest BCUT2D eigenvalue weighted by molar-refractivity contribution is 6.06. The van der Waals surface area contributed by atoms with Crippen LogP contribution >= 0.6 is 0 Å². The van der Waals surface area contributed by atoms with E-state index in [9.17, 15) is 9.59 Å². The molecule has 0 saturated heterocycles. The Kier molecular flexibility index (Phi) is 3.69. The molecule has 100 valence electrons. The lowest BCUT2D eigenvalue weighted by molar-refractivity contribution is 0.0932. The van der Waals surface area contributed by atoms with E-state index < -0.39 is 0 Å². The second-order valence-electron chi connectivity index (χ2n) is 5.10. The molecule has 0 fully saturated rings. The van der Waals surface area contributed by atoms with E-state index in [1.165, 1.54) is 6.07 Å². The number of aromatic amines is 1. The number of carbonyl (C=O) groups excluding carboxylic acids is 1. The van der Waals surface area contributed by atoms with Crippen molar-refractivity contribution < 1.29 is 4.79 Å². The molecule has 0 bridgehead atoms. The maximum Gasteiger partial charge on any atom is 0.252 e. The van der Waals surface area contributed by atoms with Gasteiger partial charge in [-0.05, 0) is 18.9 Å². The standard InChI is InChI=1S/C15H18N2O2/c1-9(2)10(3)16-15(19)12-8-14(18)17-13-7-5-4-6-11(12)13/h4-10H,1-3H3,(H,16,19)(H,17,18)/t10-/m0/s1. The van der Waals surface area contributed by atoms with Crippen LogP contribution in [-0.4, -0.2) is 16.9 Å². The molecule has 0 aliphatic carbocycles. The molecule has 4 heteroatoms. The lowest BCUT2D eigenvalue weighted by Gasteiger charge is -2.17. The Morgan fingerprint density at radius 3 is 2.58 bits per heavy atom. The van der Waals surface area contributed by atoms with Crippen LogP contribution in [-0.2, 0) is 0 Å². The summed E-state index contributed by atoms with van der Waals surface area (Å²) in [7, 11) is 0. The molecule has 0 unspecified atom stereocenters. The number of hydrogen-bond acceptors (Lipinski definition) is 2. The van der Waals surface area contributed by atoms with Gasteiger partial charge in [0.25, 0.3) is 5.91 Å². The van der Waals surface area contributed by atoms with Crippen molar-refractivity contribution in [2.24, 2.45) is 5.92 Å². The van der Waals surface area contributed by atoms with Gasteiger partial charge in [0.2, 0.25) is 5.56 Å². The Balaban J connectivity index is 2.44. The molecule has 0 aliphatic heterocycles. The summed E-state index contributed by atoms with van der Waals surface area (Å²) in [6.07, 6.45) is 0. The lowest BCUT2D eigenvalue weighted by atomic mass is 10.0. The molecule has 2 N–H and O–H groups in total. The molecule has 0 radical (unpaired) electrons. The average Bonchev–Trinajstić information content (AvgIpc) is 2.37. The minimum absolute atomic E-state index is 0.0607. The first-order valence-corrected chi connectivity index (χ1v) is 6.42. The minimum atomic E-state index is -0.263. The number of fused-ring (bicyclic) bond motifs is 1. The first-order valence-electron chi connectivity index (χ1n) is 6.42. The maximum atomic E-state index is 12.3. The first-order chi connectivity index (χ1) is 8.99. The highest BCUT2D eigenvalue weighted by Crippen LogP contribution is 2.15. The van der Waals surface area contributed by atoms with E-state index >= 15 is 0 Å². The van der Waals surface area contributed by atoms with E-state index in [4.69, 9.17) is 0 Å². The van der Waals surface area contributed by atoms with Gasteiger partial charge in [-0.3, -0.25) is 9.59 Å². The van der Waals surface area contributed by atoms with Crippen LogP contribution in [0, 0.1) is 5.92 Å². The third-order valence-electron chi connectivity index (χ3n) is 3.35. The van der Waals surface area contributed by atoms with Crippen LogP contribution < -0.4 is 10.9 Å². The predicted octanol–water partition coefficient (Wildman–Crippen LogP) is 2.30. The molecule has 2 aromatic rings. The molecule has 1 aromatic carbocycles. The highest BCUT2D eigenvalue weighted by atomic mass is 16.2. The zero-order chi connectivity index (χ0) is 14.0. The normalized spacial score (nSPS) is 12.6. The highest BCUT2D eigenvalue weighted by Gasteiger charge is 2.15. The number of rotatable bonds is 3. The van der Waals surface area contributed by atoms with Crippen molar-refractivity contribution in [1.82, 2.24) is 10.3 Å². The summed E-state index contributed by atoms with van der Waals surface area (Å²) >= 11 is 0. The third kappa shape index (κ3) is 2.84. The fourth-order valence-electron chi connectivity index (χ4n) is 1.84. The molecule has 1 amide bonds. The van der Waals surface area contributed by atoms with E-state index in [1.54, 1.807) is 6.07 Å². The molecule has 4 nitrogen and oxygen atoms in total. The number of carbonyl (C=O) groups is 1. The lowest BCUT2D eigenvalue weighted by Crippen LogP contribution is -2.36. The number of aromatic nitrogens is 1. The van der Waals surface area contributed by atoms with Crippen LogP contribution in [0.5, 0.6) is 0 Å². The monoisotopic (exact) mass is 258 g/mol. The molecule has 1 heterocycles. The van der Waals surface area contributed by atoms with Crippen LogP contribution in [0.2, 0.25) is 0 Å². The van der Waals surface area contributed by atoms with Crippen molar-refractivity contribution >= 4 is 16.8 Å². The van der Waals surface area contributed by atoms with Crippen molar-refractivity contribution in [1.29, 1.82) is 0 Å². The molecule has 0 spiro atoms. The van der Waals surface area contributed by atoms with Crippen LogP contribution in [0.1, 0.15) is 31.1 Å². The van der Waals surface area contributed by atoms with E-state index in [1.807, 2.05) is 39.0 Å². The Labute approximate surface area is 111 Å².